The molecule has 1 atom stereocenters. The number of alkyl carbamates (subject to hydrolysis) is 1. The average Bonchev–Trinajstić information content (AvgIpc) is 3.25. The molecule has 1 aliphatic rings. The van der Waals surface area contributed by atoms with Crippen LogP contribution in [0.4, 0.5) is 4.79 Å². The highest BCUT2D eigenvalue weighted by atomic mass is 32.3. The first-order valence-electron chi connectivity index (χ1n) is 15.1. The van der Waals surface area contributed by atoms with E-state index in [0.29, 0.717) is 44.3 Å². The van der Waals surface area contributed by atoms with Crippen LogP contribution in [-0.2, 0) is 27.4 Å². The van der Waals surface area contributed by atoms with Gasteiger partial charge in [0.2, 0.25) is 5.91 Å². The van der Waals surface area contributed by atoms with Gasteiger partial charge in [-0.05, 0) is 82.8 Å². The van der Waals surface area contributed by atoms with Crippen molar-refractivity contribution in [3.63, 3.8) is 0 Å². The molecule has 1 fully saturated rings. The van der Waals surface area contributed by atoms with Crippen LogP contribution in [0.5, 0.6) is 11.5 Å². The fourth-order valence-electron chi connectivity index (χ4n) is 5.03. The largest absolute Gasteiger partial charge is 0.457 e. The Bertz CT molecular complexity index is 1440. The molecule has 0 saturated carbocycles. The number of piperazine rings is 1. The standard InChI is InChI=1S/C33H49N5O5S/c1-24-22-38(23-41-18-19-44(6,7)8)30-29(24)28(12-13-34-30)42-26-11-9-10-25(20-26)21-27(35-32(40)43-33(2,3)4)31(39)37-16-14-36(5)15-17-37/h9-13,20,22,27H,14-19,21,23H2,1-8H3,(H,35,40). The number of nitrogens with zero attached hydrogens (tertiary/aromatic N) is 4. The van der Waals surface area contributed by atoms with Crippen molar-refractivity contribution in [3.05, 3.63) is 53.9 Å². The molecule has 0 bridgehead atoms. The molecule has 0 spiro atoms. The second-order valence-electron chi connectivity index (χ2n) is 13.4. The van der Waals surface area contributed by atoms with Crippen LogP contribution in [0.2, 0.25) is 0 Å². The summed E-state index contributed by atoms with van der Waals surface area (Å²) in [6, 6.07) is 8.73. The van der Waals surface area contributed by atoms with Crippen molar-refractivity contribution in [2.24, 2.45) is 0 Å². The number of hydrogen-bond acceptors (Lipinski definition) is 7. The van der Waals surface area contributed by atoms with E-state index in [0.717, 1.165) is 41.0 Å². The molecule has 10 nitrogen and oxygen atoms in total. The third-order valence-corrected chi connectivity index (χ3v) is 8.74. The van der Waals surface area contributed by atoms with E-state index in [1.807, 2.05) is 60.0 Å². The minimum Gasteiger partial charge on any atom is -0.457 e. The molecule has 2 amide bonds. The first kappa shape index (κ1) is 33.6. The van der Waals surface area contributed by atoms with Gasteiger partial charge >= 0.3 is 6.09 Å². The third kappa shape index (κ3) is 9.61. The Hall–Kier alpha value is -3.28. The quantitative estimate of drug-likeness (QED) is 0.299. The Balaban J connectivity index is 1.51. The van der Waals surface area contributed by atoms with Gasteiger partial charge in [0.25, 0.3) is 0 Å². The lowest BCUT2D eigenvalue weighted by atomic mass is 10.0. The number of aromatic nitrogens is 2. The Morgan fingerprint density at radius 3 is 2.50 bits per heavy atom. The zero-order valence-corrected chi connectivity index (χ0v) is 28.3. The van der Waals surface area contributed by atoms with E-state index in [2.05, 4.69) is 34.0 Å². The van der Waals surface area contributed by atoms with Crippen molar-refractivity contribution in [2.45, 2.75) is 52.5 Å². The fourth-order valence-corrected chi connectivity index (χ4v) is 5.65. The van der Waals surface area contributed by atoms with E-state index in [1.165, 1.54) is 0 Å². The summed E-state index contributed by atoms with van der Waals surface area (Å²) < 4.78 is 19.9. The highest BCUT2D eigenvalue weighted by molar-refractivity contribution is 8.32. The summed E-state index contributed by atoms with van der Waals surface area (Å²) in [7, 11) is 1.43. The van der Waals surface area contributed by atoms with E-state index in [1.54, 1.807) is 27.0 Å². The number of pyridine rings is 1. The summed E-state index contributed by atoms with van der Waals surface area (Å²) in [5.41, 5.74) is 2.04. The zero-order valence-electron chi connectivity index (χ0n) is 27.5. The lowest BCUT2D eigenvalue weighted by Crippen LogP contribution is -2.55. The van der Waals surface area contributed by atoms with Gasteiger partial charge in [-0.3, -0.25) is 4.79 Å². The van der Waals surface area contributed by atoms with Gasteiger partial charge in [-0.15, -0.1) is 0 Å². The van der Waals surface area contributed by atoms with Crippen molar-refractivity contribution in [3.8, 4) is 11.5 Å². The maximum Gasteiger partial charge on any atom is 0.408 e. The van der Waals surface area contributed by atoms with Gasteiger partial charge in [-0.25, -0.2) is 19.8 Å². The van der Waals surface area contributed by atoms with E-state index in [-0.39, 0.29) is 5.91 Å². The van der Waals surface area contributed by atoms with Crippen LogP contribution in [0.25, 0.3) is 11.0 Å². The van der Waals surface area contributed by atoms with E-state index in [4.69, 9.17) is 14.2 Å². The van der Waals surface area contributed by atoms with Crippen LogP contribution in [0.15, 0.2) is 42.7 Å². The second-order valence-corrected chi connectivity index (χ2v) is 18.0. The topological polar surface area (TPSA) is 98.2 Å². The van der Waals surface area contributed by atoms with E-state index < -0.39 is 27.8 Å². The highest BCUT2D eigenvalue weighted by Crippen LogP contribution is 2.34. The molecule has 44 heavy (non-hydrogen) atoms. The van der Waals surface area contributed by atoms with Crippen LogP contribution in [0.3, 0.4) is 0 Å². The van der Waals surface area contributed by atoms with E-state index >= 15 is 0 Å². The number of aryl methyl sites for hydroxylation is 1. The number of fused-ring (bicyclic) bond motifs is 1. The fraction of sp³-hybridized carbons (Fsp3) is 0.545. The molecule has 1 aliphatic heterocycles. The first-order valence-corrected chi connectivity index (χ1v) is 18.1. The van der Waals surface area contributed by atoms with Crippen LogP contribution in [0.1, 0.15) is 31.9 Å². The van der Waals surface area contributed by atoms with Gasteiger partial charge in [0, 0.05) is 50.7 Å². The molecule has 242 valence electrons. The van der Waals surface area contributed by atoms with Gasteiger partial charge in [-0.2, -0.15) is 0 Å². The summed E-state index contributed by atoms with van der Waals surface area (Å²) >= 11 is 0. The molecule has 2 aromatic heterocycles. The molecule has 0 aliphatic carbocycles. The molecule has 1 N–H and O–H groups in total. The van der Waals surface area contributed by atoms with Gasteiger partial charge < -0.3 is 33.9 Å². The first-order chi connectivity index (χ1) is 20.7. The van der Waals surface area contributed by atoms with Crippen molar-refractivity contribution < 1.29 is 23.8 Å². The van der Waals surface area contributed by atoms with Crippen molar-refractivity contribution >= 4 is 33.1 Å². The number of nitrogens with one attached hydrogen (secondary N) is 1. The number of carbonyl (C=O) groups is 2. The molecule has 3 heterocycles. The van der Waals surface area contributed by atoms with Crippen molar-refractivity contribution in [2.75, 3.05) is 64.4 Å². The lowest BCUT2D eigenvalue weighted by Gasteiger charge is -2.35. The minimum atomic E-state index is -0.771. The number of hydrogen-bond donors (Lipinski definition) is 1. The lowest BCUT2D eigenvalue weighted by molar-refractivity contribution is -0.135. The maximum absolute atomic E-state index is 13.6. The molecule has 1 unspecified atom stereocenters. The minimum absolute atomic E-state index is 0.116. The molecule has 1 aromatic carbocycles. The number of ether oxygens (including phenoxy) is 3. The number of benzene rings is 1. The molecule has 3 aromatic rings. The van der Waals surface area contributed by atoms with Crippen LogP contribution in [0, 0.1) is 6.92 Å². The monoisotopic (exact) mass is 627 g/mol. The average molecular weight is 628 g/mol. The second kappa shape index (κ2) is 14.2. The highest BCUT2D eigenvalue weighted by Gasteiger charge is 2.30. The molecule has 11 heteroatoms. The van der Waals surface area contributed by atoms with Crippen molar-refractivity contribution in [1.82, 2.24) is 24.7 Å². The maximum atomic E-state index is 13.6. The summed E-state index contributed by atoms with van der Waals surface area (Å²) in [5, 5.41) is 3.76. The Labute approximate surface area is 263 Å². The summed E-state index contributed by atoms with van der Waals surface area (Å²) in [6.45, 7) is 11.4. The predicted molar refractivity (Wildman–Crippen MR) is 178 cm³/mol. The van der Waals surface area contributed by atoms with Crippen molar-refractivity contribution in [1.29, 1.82) is 0 Å². The van der Waals surface area contributed by atoms with Gasteiger partial charge in [0.05, 0.1) is 12.0 Å². The molecular formula is C33H49N5O5S. The predicted octanol–water partition coefficient (Wildman–Crippen LogP) is 5.01. The number of amides is 2. The Kier molecular flexibility index (Phi) is 10.9. The molecule has 4 rings (SSSR count). The molecule has 0 radical (unpaired) electrons. The van der Waals surface area contributed by atoms with E-state index in [9.17, 15) is 9.59 Å². The summed E-state index contributed by atoms with van der Waals surface area (Å²) in [4.78, 5) is 35.0. The molecular weight excluding hydrogens is 578 g/mol. The Morgan fingerprint density at radius 1 is 1.09 bits per heavy atom. The number of carbonyl (C=O) groups excluding carboxylic acids is 2. The Morgan fingerprint density at radius 2 is 1.82 bits per heavy atom. The summed E-state index contributed by atoms with van der Waals surface area (Å²) in [5.74, 6) is 2.27. The van der Waals surface area contributed by atoms with Crippen LogP contribution >= 0.6 is 10.0 Å². The van der Waals surface area contributed by atoms with Gasteiger partial charge in [0.15, 0.2) is 0 Å². The molecule has 1 saturated heterocycles. The zero-order chi connectivity index (χ0) is 32.1. The number of likely N-dealkylation sites (N-methyl/N-ethyl adjacent to an activating group) is 1. The van der Waals surface area contributed by atoms with Crippen LogP contribution in [-0.4, -0.2) is 107 Å². The van der Waals surface area contributed by atoms with Crippen LogP contribution < -0.4 is 10.1 Å². The smallest absolute Gasteiger partial charge is 0.408 e. The third-order valence-electron chi connectivity index (χ3n) is 7.35. The van der Waals surface area contributed by atoms with Gasteiger partial charge in [-0.1, -0.05) is 12.1 Å². The summed E-state index contributed by atoms with van der Waals surface area (Å²) in [6.07, 6.45) is 10.3. The van der Waals surface area contributed by atoms with Gasteiger partial charge in [0.1, 0.15) is 35.5 Å². The normalized spacial score (nSPS) is 15.7. The number of rotatable bonds is 11. The SMILES string of the molecule is Cc1cn(COCCS(C)(C)C)c2nccc(Oc3cccc(CC(NC(=O)OC(C)(C)C)C(=O)N4CCN(C)CC4)c3)c12.